The summed E-state index contributed by atoms with van der Waals surface area (Å²) < 4.78 is 13.4. The van der Waals surface area contributed by atoms with E-state index in [9.17, 15) is 20.4 Å². The highest BCUT2D eigenvalue weighted by molar-refractivity contribution is 6.19. The van der Waals surface area contributed by atoms with Crippen molar-refractivity contribution >= 4 is 55.7 Å². The van der Waals surface area contributed by atoms with Gasteiger partial charge in [-0.05, 0) is 136 Å². The summed E-state index contributed by atoms with van der Waals surface area (Å²) in [6.45, 7) is 10.2. The molecule has 5 aliphatic rings. The van der Waals surface area contributed by atoms with Crippen LogP contribution in [0.2, 0.25) is 0 Å². The molecule has 0 aromatic heterocycles. The molecule has 6 N–H and O–H groups in total. The Kier molecular flexibility index (Phi) is 16.2. The SMILES string of the molecule is CCCCC(CC)COC1CC(c2cc3cc(C(C)CCC(CC)COC4=NC(C5C(O)=CCCC5O)NC(c5c6c(cc7ccccc57)CCC=C6)=C4)ccc3c3ccccc23)=NC(C2C=CC(O)=CC2O)N1. The lowest BCUT2D eigenvalue weighted by Crippen LogP contribution is -2.50. The molecule has 3 aliphatic carbocycles. The third-order valence-corrected chi connectivity index (χ3v) is 16.6. The Morgan fingerprint density at radius 1 is 0.784 bits per heavy atom. The number of aliphatic hydroxyl groups excluding tert-OH is 4. The molecule has 2 aliphatic heterocycles. The van der Waals surface area contributed by atoms with Crippen LogP contribution in [-0.4, -0.2) is 76.0 Å². The monoisotopic (exact) mass is 997 g/mol. The number of aliphatic hydroxyl groups is 4. The highest BCUT2D eigenvalue weighted by Gasteiger charge is 2.38. The average Bonchev–Trinajstić information content (AvgIpc) is 3.42. The zero-order valence-corrected chi connectivity index (χ0v) is 43.7. The minimum atomic E-state index is -0.890. The summed E-state index contributed by atoms with van der Waals surface area (Å²) in [7, 11) is 0. The Hall–Kier alpha value is -6.04. The van der Waals surface area contributed by atoms with Crippen LogP contribution in [0.15, 0.2) is 137 Å². The second-order valence-corrected chi connectivity index (χ2v) is 21.6. The van der Waals surface area contributed by atoms with E-state index in [0.717, 1.165) is 90.1 Å². The number of fused-ring (bicyclic) bond motifs is 5. The molecule has 0 saturated heterocycles. The second-order valence-electron chi connectivity index (χ2n) is 21.6. The van der Waals surface area contributed by atoms with Crippen LogP contribution in [0.3, 0.4) is 0 Å². The number of rotatable bonds is 18. The molecule has 388 valence electrons. The minimum absolute atomic E-state index is 0.0600. The summed E-state index contributed by atoms with van der Waals surface area (Å²) in [6, 6.07) is 28.7. The normalized spacial score (nSPS) is 25.1. The molecular weight excluding hydrogens is 921 g/mol. The summed E-state index contributed by atoms with van der Waals surface area (Å²) >= 11 is 0. The van der Waals surface area contributed by atoms with E-state index >= 15 is 0 Å². The largest absolute Gasteiger partial charge is 0.512 e. The van der Waals surface area contributed by atoms with E-state index in [1.807, 2.05) is 18.2 Å². The van der Waals surface area contributed by atoms with E-state index in [-0.39, 0.29) is 35.5 Å². The van der Waals surface area contributed by atoms with Crippen molar-refractivity contribution in [2.45, 2.75) is 141 Å². The van der Waals surface area contributed by atoms with Crippen LogP contribution in [0.5, 0.6) is 0 Å². The molecule has 0 fully saturated rings. The van der Waals surface area contributed by atoms with Gasteiger partial charge in [-0.3, -0.25) is 10.3 Å². The van der Waals surface area contributed by atoms with Crippen LogP contribution >= 0.6 is 0 Å². The molecule has 0 spiro atoms. The van der Waals surface area contributed by atoms with Gasteiger partial charge in [0, 0.05) is 41.0 Å². The number of nitrogens with one attached hydrogen (secondary N) is 2. The number of aliphatic imine (C=N–C) groups is 2. The maximum Gasteiger partial charge on any atom is 0.212 e. The molecule has 5 aromatic carbocycles. The first-order valence-electron chi connectivity index (χ1n) is 27.7. The van der Waals surface area contributed by atoms with E-state index in [4.69, 9.17) is 19.5 Å². The van der Waals surface area contributed by atoms with Gasteiger partial charge in [0.2, 0.25) is 5.90 Å². The van der Waals surface area contributed by atoms with Gasteiger partial charge in [0.25, 0.3) is 0 Å². The first kappa shape index (κ1) is 51.4. The molecule has 10 nitrogen and oxygen atoms in total. The number of ether oxygens (including phenoxy) is 2. The summed E-state index contributed by atoms with van der Waals surface area (Å²) in [5.74, 6) is 0.815. The first-order valence-corrected chi connectivity index (χ1v) is 27.7. The summed E-state index contributed by atoms with van der Waals surface area (Å²) in [6.07, 6.45) is 21.5. The predicted molar refractivity (Wildman–Crippen MR) is 302 cm³/mol. The van der Waals surface area contributed by atoms with Crippen molar-refractivity contribution in [3.63, 3.8) is 0 Å². The quantitative estimate of drug-likeness (QED) is 0.0476. The van der Waals surface area contributed by atoms with Crippen molar-refractivity contribution in [2.24, 2.45) is 33.7 Å². The highest BCUT2D eigenvalue weighted by Crippen LogP contribution is 2.39. The number of allylic oxidation sites excluding steroid dienone is 3. The van der Waals surface area contributed by atoms with Crippen LogP contribution in [0.4, 0.5) is 0 Å². The molecule has 2 heterocycles. The molecule has 10 rings (SSSR count). The number of nitrogens with zero attached hydrogens (tertiary/aromatic N) is 2. The second kappa shape index (κ2) is 23.2. The number of unbranched alkanes of at least 4 members (excludes halogenated alkanes) is 1. The van der Waals surface area contributed by atoms with Crippen LogP contribution in [0, 0.1) is 23.7 Å². The average molecular weight is 997 g/mol. The molecule has 10 heteroatoms. The van der Waals surface area contributed by atoms with E-state index in [1.54, 1.807) is 6.08 Å². The van der Waals surface area contributed by atoms with Crippen molar-refractivity contribution in [1.29, 1.82) is 0 Å². The predicted octanol–water partition coefficient (Wildman–Crippen LogP) is 13.3. The Bertz CT molecular complexity index is 3060. The highest BCUT2D eigenvalue weighted by atomic mass is 16.5. The van der Waals surface area contributed by atoms with Gasteiger partial charge in [-0.1, -0.05) is 144 Å². The maximum absolute atomic E-state index is 11.3. The molecule has 0 radical (unpaired) electrons. The summed E-state index contributed by atoms with van der Waals surface area (Å²) in [5, 5.41) is 58.1. The third-order valence-electron chi connectivity index (χ3n) is 16.6. The lowest BCUT2D eigenvalue weighted by atomic mass is 9.85. The number of aryl methyl sites for hydroxylation is 1. The van der Waals surface area contributed by atoms with Gasteiger partial charge < -0.3 is 35.2 Å². The zero-order valence-electron chi connectivity index (χ0n) is 43.7. The molecule has 10 unspecified atom stereocenters. The van der Waals surface area contributed by atoms with E-state index in [1.165, 1.54) is 45.3 Å². The van der Waals surface area contributed by atoms with Gasteiger partial charge in [-0.2, -0.15) is 0 Å². The van der Waals surface area contributed by atoms with Gasteiger partial charge in [0.05, 0.1) is 37.1 Å². The van der Waals surface area contributed by atoms with Gasteiger partial charge >= 0.3 is 0 Å². The fraction of sp³-hybridized carbons (Fsp3) is 0.438. The van der Waals surface area contributed by atoms with Crippen molar-refractivity contribution in [3.05, 3.63) is 155 Å². The topological polar surface area (TPSA) is 148 Å². The summed E-state index contributed by atoms with van der Waals surface area (Å²) in [4.78, 5) is 10.4. The molecule has 0 saturated carbocycles. The minimum Gasteiger partial charge on any atom is -0.512 e. The lowest BCUT2D eigenvalue weighted by Gasteiger charge is -2.36. The van der Waals surface area contributed by atoms with Crippen LogP contribution in [-0.2, 0) is 15.9 Å². The van der Waals surface area contributed by atoms with Gasteiger partial charge in [0.1, 0.15) is 24.3 Å². The van der Waals surface area contributed by atoms with E-state index in [0.29, 0.717) is 44.3 Å². The Balaban J connectivity index is 0.893. The summed E-state index contributed by atoms with van der Waals surface area (Å²) in [5.41, 5.74) is 7.79. The van der Waals surface area contributed by atoms with Gasteiger partial charge in [0.15, 0.2) is 0 Å². The Morgan fingerprint density at radius 3 is 2.38 bits per heavy atom. The maximum atomic E-state index is 11.3. The molecule has 74 heavy (non-hydrogen) atoms. The molecular formula is C64H76N4O6. The van der Waals surface area contributed by atoms with Crippen molar-refractivity contribution in [1.82, 2.24) is 10.6 Å². The number of hydrogen-bond acceptors (Lipinski definition) is 10. The standard InChI is InChI=1S/C64H76N4O6/c1-5-8-16-40(6-2)37-73-59-35-54(65-63(67-59)52-30-28-46(69)34-58(52)72)53-33-45-31-42(27-29-47(45)50-21-13-14-22-51(50)53)39(4)25-26-41(7-3)38-74-60-36-55(66-64(68-60)62-56(70)23-15-24-57(62)71)61-48-19-11-9-17-43(48)32-44-18-10-12-20-49(44)61/h9,11-14,17,19-23,27-34,36,39-41,52,57-59,62-64,66-67,69-72H,5-8,10,15-16,18,24-26,35,37-38H2,1-4H3. The molecule has 10 atom stereocenters. The van der Waals surface area contributed by atoms with Crippen molar-refractivity contribution < 1.29 is 29.9 Å². The third kappa shape index (κ3) is 11.2. The Morgan fingerprint density at radius 2 is 1.58 bits per heavy atom. The van der Waals surface area contributed by atoms with Crippen molar-refractivity contribution in [3.8, 4) is 0 Å². The molecule has 5 aromatic rings. The zero-order chi connectivity index (χ0) is 51.3. The van der Waals surface area contributed by atoms with Gasteiger partial charge in [-0.15, -0.1) is 0 Å². The van der Waals surface area contributed by atoms with E-state index in [2.05, 4.69) is 129 Å². The lowest BCUT2D eigenvalue weighted by molar-refractivity contribution is -0.00777. The van der Waals surface area contributed by atoms with Crippen LogP contribution in [0.1, 0.15) is 132 Å². The smallest absolute Gasteiger partial charge is 0.212 e. The van der Waals surface area contributed by atoms with Crippen LogP contribution < -0.4 is 10.6 Å². The fourth-order valence-electron chi connectivity index (χ4n) is 12.0. The number of benzene rings is 5. The van der Waals surface area contributed by atoms with E-state index < -0.39 is 30.5 Å². The van der Waals surface area contributed by atoms with Crippen LogP contribution in [0.25, 0.3) is 44.1 Å². The van der Waals surface area contributed by atoms with Gasteiger partial charge in [-0.25, -0.2) is 4.99 Å². The Labute approximate surface area is 437 Å². The fourth-order valence-corrected chi connectivity index (χ4v) is 12.0. The molecule has 0 bridgehead atoms. The first-order chi connectivity index (χ1) is 36.1. The molecule has 0 amide bonds. The number of hydrogen-bond donors (Lipinski definition) is 6. The van der Waals surface area contributed by atoms with Crippen molar-refractivity contribution in [2.75, 3.05) is 13.2 Å².